The van der Waals surface area contributed by atoms with E-state index in [1.807, 2.05) is 4.90 Å². The van der Waals surface area contributed by atoms with Gasteiger partial charge < -0.3 is 9.80 Å². The topological polar surface area (TPSA) is 43.9 Å². The highest BCUT2D eigenvalue weighted by molar-refractivity contribution is 8.15. The van der Waals surface area contributed by atoms with E-state index >= 15 is 0 Å². The summed E-state index contributed by atoms with van der Waals surface area (Å²) in [7, 11) is 0. The molecule has 4 rings (SSSR count). The Balaban J connectivity index is 1.28. The highest BCUT2D eigenvalue weighted by Crippen LogP contribution is 2.34. The molecule has 1 aromatic carbocycles. The van der Waals surface area contributed by atoms with Gasteiger partial charge in [0, 0.05) is 50.2 Å². The van der Waals surface area contributed by atoms with Crippen LogP contribution in [0, 0.1) is 6.92 Å². The molecule has 1 unspecified atom stereocenters. The second-order valence-corrected chi connectivity index (χ2v) is 8.55. The van der Waals surface area contributed by atoms with E-state index in [1.165, 1.54) is 23.0 Å². The molecule has 26 heavy (non-hydrogen) atoms. The zero-order chi connectivity index (χ0) is 18.1. The third-order valence-corrected chi connectivity index (χ3v) is 6.67. The molecule has 0 aliphatic carbocycles. The summed E-state index contributed by atoms with van der Waals surface area (Å²) in [6.07, 6.45) is 2.63. The van der Waals surface area contributed by atoms with Gasteiger partial charge in [0.1, 0.15) is 0 Å². The van der Waals surface area contributed by atoms with Crippen LogP contribution in [0.4, 0.5) is 5.69 Å². The predicted molar refractivity (Wildman–Crippen MR) is 105 cm³/mol. The lowest BCUT2D eigenvalue weighted by molar-refractivity contribution is -0.132. The number of fused-ring (bicyclic) bond motifs is 1. The van der Waals surface area contributed by atoms with Gasteiger partial charge in [-0.3, -0.25) is 14.5 Å². The van der Waals surface area contributed by atoms with Gasteiger partial charge in [-0.25, -0.2) is 0 Å². The minimum absolute atomic E-state index is 0.145. The molecule has 1 amide bonds. The number of nitrogens with zero attached hydrogens (tertiary/aromatic N) is 3. The molecule has 3 aliphatic rings. The Hall–Kier alpha value is -1.79. The van der Waals surface area contributed by atoms with Gasteiger partial charge in [-0.1, -0.05) is 29.5 Å². The van der Waals surface area contributed by atoms with Crippen molar-refractivity contribution < 1.29 is 9.59 Å². The minimum Gasteiger partial charge on any atom is -0.369 e. The van der Waals surface area contributed by atoms with Crippen molar-refractivity contribution in [2.75, 3.05) is 50.7 Å². The molecule has 3 aliphatic heterocycles. The van der Waals surface area contributed by atoms with Crippen molar-refractivity contribution in [3.8, 4) is 0 Å². The van der Waals surface area contributed by atoms with E-state index in [4.69, 9.17) is 0 Å². The molecule has 6 heteroatoms. The fraction of sp³-hybridized carbons (Fsp3) is 0.500. The summed E-state index contributed by atoms with van der Waals surface area (Å²) in [6.45, 7) is 7.72. The molecule has 0 saturated carbocycles. The number of piperazine rings is 1. The van der Waals surface area contributed by atoms with Crippen LogP contribution in [0.15, 0.2) is 35.9 Å². The number of aryl methyl sites for hydroxylation is 1. The maximum atomic E-state index is 12.7. The molecule has 2 saturated heterocycles. The van der Waals surface area contributed by atoms with Gasteiger partial charge in [0.25, 0.3) is 0 Å². The van der Waals surface area contributed by atoms with Gasteiger partial charge in [-0.05, 0) is 37.1 Å². The van der Waals surface area contributed by atoms with Crippen LogP contribution in [0.2, 0.25) is 0 Å². The molecule has 0 spiro atoms. The van der Waals surface area contributed by atoms with Crippen LogP contribution in [0.25, 0.3) is 0 Å². The second-order valence-electron chi connectivity index (χ2n) is 7.35. The van der Waals surface area contributed by atoms with Crippen molar-refractivity contribution in [1.82, 2.24) is 9.80 Å². The first-order valence-corrected chi connectivity index (χ1v) is 10.2. The lowest BCUT2D eigenvalue weighted by Gasteiger charge is -2.37. The number of hydrogen-bond donors (Lipinski definition) is 0. The van der Waals surface area contributed by atoms with Crippen LogP contribution in [-0.4, -0.2) is 71.9 Å². The summed E-state index contributed by atoms with van der Waals surface area (Å²) in [5, 5.41) is 0.455. The third kappa shape index (κ3) is 3.81. The van der Waals surface area contributed by atoms with Gasteiger partial charge in [-0.2, -0.15) is 0 Å². The fourth-order valence-electron chi connectivity index (χ4n) is 3.88. The van der Waals surface area contributed by atoms with Crippen LogP contribution >= 0.6 is 11.8 Å². The standard InChI is InChI=1S/C20H25N3O2S/c1-15-2-4-17(5-3-15)22-10-8-21(9-11-22)14-19(24)23-7-6-18-16(13-23)12-20(25)26-18/h2-5,12,18H,6-11,13-14H2,1H3. The summed E-state index contributed by atoms with van der Waals surface area (Å²) >= 11 is 1.41. The molecule has 0 bridgehead atoms. The Morgan fingerprint density at radius 3 is 2.58 bits per heavy atom. The monoisotopic (exact) mass is 371 g/mol. The van der Waals surface area contributed by atoms with E-state index < -0.39 is 0 Å². The molecule has 138 valence electrons. The van der Waals surface area contributed by atoms with Crippen LogP contribution in [-0.2, 0) is 9.59 Å². The highest BCUT2D eigenvalue weighted by atomic mass is 32.2. The summed E-state index contributed by atoms with van der Waals surface area (Å²) in [5.74, 6) is 0.192. The molecule has 0 N–H and O–H groups in total. The summed E-state index contributed by atoms with van der Waals surface area (Å²) in [4.78, 5) is 30.8. The van der Waals surface area contributed by atoms with Gasteiger partial charge in [-0.15, -0.1) is 0 Å². The van der Waals surface area contributed by atoms with E-state index in [0.717, 1.165) is 44.7 Å². The first kappa shape index (κ1) is 17.6. The Morgan fingerprint density at radius 2 is 1.85 bits per heavy atom. The van der Waals surface area contributed by atoms with Crippen LogP contribution in [0.1, 0.15) is 12.0 Å². The molecule has 0 aromatic heterocycles. The predicted octanol–water partition coefficient (Wildman–Crippen LogP) is 1.92. The van der Waals surface area contributed by atoms with Gasteiger partial charge in [0.15, 0.2) is 0 Å². The summed E-state index contributed by atoms with van der Waals surface area (Å²) in [6, 6.07) is 8.65. The van der Waals surface area contributed by atoms with Crippen molar-refractivity contribution in [2.24, 2.45) is 0 Å². The number of benzene rings is 1. The molecule has 1 atom stereocenters. The first-order chi connectivity index (χ1) is 12.6. The Labute approximate surface area is 159 Å². The van der Waals surface area contributed by atoms with E-state index in [0.29, 0.717) is 18.3 Å². The molecule has 3 heterocycles. The van der Waals surface area contributed by atoms with Gasteiger partial charge >= 0.3 is 0 Å². The lowest BCUT2D eigenvalue weighted by Crippen LogP contribution is -2.51. The van der Waals surface area contributed by atoms with Crippen LogP contribution < -0.4 is 4.90 Å². The Bertz CT molecular complexity index is 723. The zero-order valence-electron chi connectivity index (χ0n) is 15.2. The number of piperidine rings is 1. The normalized spacial score (nSPS) is 23.8. The molecule has 0 radical (unpaired) electrons. The second kappa shape index (κ2) is 7.45. The van der Waals surface area contributed by atoms with Gasteiger partial charge in [0.2, 0.25) is 11.0 Å². The quantitative estimate of drug-likeness (QED) is 0.812. The Kier molecular flexibility index (Phi) is 5.05. The number of thioether (sulfide) groups is 1. The highest BCUT2D eigenvalue weighted by Gasteiger charge is 2.33. The number of carbonyl (C=O) groups is 2. The van der Waals surface area contributed by atoms with Crippen LogP contribution in [0.3, 0.4) is 0 Å². The number of rotatable bonds is 3. The largest absolute Gasteiger partial charge is 0.369 e. The summed E-state index contributed by atoms with van der Waals surface area (Å²) < 4.78 is 0. The van der Waals surface area contributed by atoms with E-state index in [9.17, 15) is 9.59 Å². The van der Waals surface area contributed by atoms with Crippen molar-refractivity contribution in [3.05, 3.63) is 41.5 Å². The number of amides is 1. The van der Waals surface area contributed by atoms with Crippen molar-refractivity contribution in [1.29, 1.82) is 0 Å². The lowest BCUT2D eigenvalue weighted by atomic mass is 10.0. The SMILES string of the molecule is Cc1ccc(N2CCN(CC(=O)N3CCC4SC(=O)C=C4C3)CC2)cc1. The van der Waals surface area contributed by atoms with E-state index in [2.05, 4.69) is 41.0 Å². The average Bonchev–Trinajstić information content (AvgIpc) is 3.02. The number of hydrogen-bond acceptors (Lipinski definition) is 5. The minimum atomic E-state index is 0.145. The smallest absolute Gasteiger partial charge is 0.237 e. The molecule has 2 fully saturated rings. The maximum absolute atomic E-state index is 12.7. The van der Waals surface area contributed by atoms with E-state index in [-0.39, 0.29) is 11.0 Å². The fourth-order valence-corrected chi connectivity index (χ4v) is 4.90. The first-order valence-electron chi connectivity index (χ1n) is 9.31. The molecular formula is C20H25N3O2S. The Morgan fingerprint density at radius 1 is 1.12 bits per heavy atom. The zero-order valence-corrected chi connectivity index (χ0v) is 16.0. The maximum Gasteiger partial charge on any atom is 0.237 e. The number of anilines is 1. The molecular weight excluding hydrogens is 346 g/mol. The molecule has 1 aromatic rings. The third-order valence-electron chi connectivity index (χ3n) is 5.49. The number of likely N-dealkylation sites (tertiary alicyclic amines) is 1. The van der Waals surface area contributed by atoms with Gasteiger partial charge in [0.05, 0.1) is 6.54 Å². The van der Waals surface area contributed by atoms with Crippen LogP contribution in [0.5, 0.6) is 0 Å². The van der Waals surface area contributed by atoms with Crippen molar-refractivity contribution in [3.63, 3.8) is 0 Å². The average molecular weight is 372 g/mol. The number of carbonyl (C=O) groups excluding carboxylic acids is 2. The van der Waals surface area contributed by atoms with Crippen molar-refractivity contribution >= 4 is 28.5 Å². The van der Waals surface area contributed by atoms with Crippen molar-refractivity contribution in [2.45, 2.75) is 18.6 Å². The molecule has 5 nitrogen and oxygen atoms in total. The van der Waals surface area contributed by atoms with E-state index in [1.54, 1.807) is 6.08 Å². The summed E-state index contributed by atoms with van der Waals surface area (Å²) in [5.41, 5.74) is 3.67.